The van der Waals surface area contributed by atoms with Crippen LogP contribution in [0.2, 0.25) is 0 Å². The van der Waals surface area contributed by atoms with Crippen molar-refractivity contribution in [3.8, 4) is 0 Å². The van der Waals surface area contributed by atoms with Gasteiger partial charge in [-0.05, 0) is 23.9 Å². The van der Waals surface area contributed by atoms with Crippen molar-refractivity contribution in [2.24, 2.45) is 0 Å². The lowest BCUT2D eigenvalue weighted by atomic mass is 10.2. The quantitative estimate of drug-likeness (QED) is 0.831. The second-order valence-corrected chi connectivity index (χ2v) is 5.95. The van der Waals surface area contributed by atoms with Gasteiger partial charge >= 0.3 is 0 Å². The number of alkyl halides is 1. The molecule has 102 valence electrons. The molecule has 1 unspecified atom stereocenters. The molecule has 2 rings (SSSR count). The van der Waals surface area contributed by atoms with E-state index in [0.717, 1.165) is 15.0 Å². The van der Waals surface area contributed by atoms with Crippen LogP contribution in [-0.2, 0) is 4.74 Å². The first-order valence-electron chi connectivity index (χ1n) is 6.10. The average Bonchev–Trinajstić information content (AvgIpc) is 2.82. The van der Waals surface area contributed by atoms with Crippen molar-refractivity contribution in [2.75, 3.05) is 20.3 Å². The zero-order valence-corrected chi connectivity index (χ0v) is 12.3. The van der Waals surface area contributed by atoms with Crippen molar-refractivity contribution in [1.82, 2.24) is 5.32 Å². The van der Waals surface area contributed by atoms with Gasteiger partial charge in [-0.1, -0.05) is 18.2 Å². The van der Waals surface area contributed by atoms with Crippen molar-refractivity contribution < 1.29 is 9.53 Å². The lowest BCUT2D eigenvalue weighted by Gasteiger charge is -2.08. The first-order chi connectivity index (χ1) is 9.20. The van der Waals surface area contributed by atoms with Crippen molar-refractivity contribution in [1.29, 1.82) is 0 Å². The largest absolute Gasteiger partial charge is 0.383 e. The number of methoxy groups -OCH3 is 1. The SMILES string of the molecule is COCC(Cl)CCNC(=O)c1cc2ccccc2s1. The van der Waals surface area contributed by atoms with Crippen LogP contribution < -0.4 is 5.32 Å². The van der Waals surface area contributed by atoms with Gasteiger partial charge in [-0.2, -0.15) is 0 Å². The first kappa shape index (κ1) is 14.3. The number of thiophene rings is 1. The van der Waals surface area contributed by atoms with Crippen molar-refractivity contribution in [3.63, 3.8) is 0 Å². The highest BCUT2D eigenvalue weighted by molar-refractivity contribution is 7.20. The molecule has 0 spiro atoms. The minimum atomic E-state index is -0.0623. The molecule has 1 aromatic carbocycles. The molecule has 1 heterocycles. The molecule has 3 nitrogen and oxygen atoms in total. The summed E-state index contributed by atoms with van der Waals surface area (Å²) >= 11 is 7.51. The third-order valence-corrected chi connectivity index (χ3v) is 4.20. The highest BCUT2D eigenvalue weighted by atomic mass is 35.5. The van der Waals surface area contributed by atoms with Gasteiger partial charge in [-0.25, -0.2) is 0 Å². The van der Waals surface area contributed by atoms with E-state index in [9.17, 15) is 4.79 Å². The number of rotatable bonds is 6. The van der Waals surface area contributed by atoms with Crippen LogP contribution in [0.1, 0.15) is 16.1 Å². The van der Waals surface area contributed by atoms with Crippen LogP contribution in [0.4, 0.5) is 0 Å². The molecule has 0 aliphatic rings. The minimum absolute atomic E-state index is 0.0394. The molecule has 1 atom stereocenters. The summed E-state index contributed by atoms with van der Waals surface area (Å²) in [6.45, 7) is 1.06. The molecule has 0 fully saturated rings. The fourth-order valence-electron chi connectivity index (χ4n) is 1.79. The van der Waals surface area contributed by atoms with Gasteiger partial charge in [-0.15, -0.1) is 22.9 Å². The monoisotopic (exact) mass is 297 g/mol. The summed E-state index contributed by atoms with van der Waals surface area (Å²) in [6.07, 6.45) is 0.700. The fourth-order valence-corrected chi connectivity index (χ4v) is 3.00. The van der Waals surface area contributed by atoms with Gasteiger partial charge in [0.25, 0.3) is 5.91 Å². The number of carbonyl (C=O) groups excluding carboxylic acids is 1. The maximum absolute atomic E-state index is 12.0. The van der Waals surface area contributed by atoms with Crippen LogP contribution in [-0.4, -0.2) is 31.5 Å². The van der Waals surface area contributed by atoms with Gasteiger partial charge < -0.3 is 10.1 Å². The highest BCUT2D eigenvalue weighted by Gasteiger charge is 2.10. The number of halogens is 1. The minimum Gasteiger partial charge on any atom is -0.383 e. The summed E-state index contributed by atoms with van der Waals surface area (Å²) in [5, 5.41) is 3.92. The van der Waals surface area contributed by atoms with Crippen LogP contribution >= 0.6 is 22.9 Å². The number of hydrogen-bond donors (Lipinski definition) is 1. The Balaban J connectivity index is 1.89. The zero-order valence-electron chi connectivity index (χ0n) is 10.7. The van der Waals surface area contributed by atoms with Crippen molar-refractivity contribution in [2.45, 2.75) is 11.8 Å². The van der Waals surface area contributed by atoms with Crippen LogP contribution in [0.25, 0.3) is 10.1 Å². The predicted molar refractivity (Wildman–Crippen MR) is 80.3 cm³/mol. The first-order valence-corrected chi connectivity index (χ1v) is 7.36. The lowest BCUT2D eigenvalue weighted by Crippen LogP contribution is -2.26. The van der Waals surface area contributed by atoms with Crippen molar-refractivity contribution in [3.05, 3.63) is 35.2 Å². The molecule has 0 radical (unpaired) electrons. The van der Waals surface area contributed by atoms with Gasteiger partial charge in [0.1, 0.15) is 0 Å². The molecule has 2 aromatic rings. The Kier molecular flexibility index (Phi) is 5.19. The topological polar surface area (TPSA) is 38.3 Å². The Hall–Kier alpha value is -1.10. The van der Waals surface area contributed by atoms with E-state index in [1.165, 1.54) is 11.3 Å². The Bertz CT molecular complexity index is 522. The number of benzene rings is 1. The molecule has 0 bridgehead atoms. The van der Waals surface area contributed by atoms with Gasteiger partial charge in [-0.3, -0.25) is 4.79 Å². The zero-order chi connectivity index (χ0) is 13.7. The van der Waals surface area contributed by atoms with Crippen LogP contribution in [0.3, 0.4) is 0 Å². The Morgan fingerprint density at radius 3 is 3.00 bits per heavy atom. The van der Waals surface area contributed by atoms with E-state index in [1.54, 1.807) is 7.11 Å². The summed E-state index contributed by atoms with van der Waals surface area (Å²) in [6, 6.07) is 9.89. The van der Waals surface area contributed by atoms with Gasteiger partial charge in [0.2, 0.25) is 0 Å². The molecule has 19 heavy (non-hydrogen) atoms. The molecule has 0 aliphatic heterocycles. The van der Waals surface area contributed by atoms with E-state index in [4.69, 9.17) is 16.3 Å². The second-order valence-electron chi connectivity index (χ2n) is 4.25. The summed E-state index contributed by atoms with van der Waals surface area (Å²) < 4.78 is 6.07. The molecule has 0 aliphatic carbocycles. The summed E-state index contributed by atoms with van der Waals surface area (Å²) in [7, 11) is 1.62. The van der Waals surface area contributed by atoms with E-state index in [1.807, 2.05) is 30.3 Å². The molecule has 0 saturated heterocycles. The normalized spacial score (nSPS) is 12.5. The molecular formula is C14H16ClNO2S. The number of ether oxygens (including phenoxy) is 1. The average molecular weight is 298 g/mol. The van der Waals surface area contributed by atoms with Crippen LogP contribution in [0.15, 0.2) is 30.3 Å². The van der Waals surface area contributed by atoms with Gasteiger partial charge in [0, 0.05) is 18.4 Å². The molecular weight excluding hydrogens is 282 g/mol. The lowest BCUT2D eigenvalue weighted by molar-refractivity contribution is 0.0956. The standard InChI is InChI=1S/C14H16ClNO2S/c1-18-9-11(15)6-7-16-14(17)13-8-10-4-2-3-5-12(10)19-13/h2-5,8,11H,6-7,9H2,1H3,(H,16,17). The Morgan fingerprint density at radius 2 is 2.26 bits per heavy atom. The summed E-state index contributed by atoms with van der Waals surface area (Å²) in [4.78, 5) is 12.7. The maximum atomic E-state index is 12.0. The van der Waals surface area contributed by atoms with E-state index in [0.29, 0.717) is 19.6 Å². The number of nitrogens with one attached hydrogen (secondary N) is 1. The smallest absolute Gasteiger partial charge is 0.261 e. The van der Waals surface area contributed by atoms with Crippen LogP contribution in [0, 0.1) is 0 Å². The molecule has 1 aromatic heterocycles. The highest BCUT2D eigenvalue weighted by Crippen LogP contribution is 2.24. The van der Waals surface area contributed by atoms with Crippen molar-refractivity contribution >= 4 is 38.9 Å². The number of hydrogen-bond acceptors (Lipinski definition) is 3. The predicted octanol–water partition coefficient (Wildman–Crippen LogP) is 3.28. The van der Waals surface area contributed by atoms with E-state index < -0.39 is 0 Å². The molecule has 0 saturated carbocycles. The van der Waals surface area contributed by atoms with E-state index >= 15 is 0 Å². The number of amides is 1. The van der Waals surface area contributed by atoms with E-state index in [-0.39, 0.29) is 11.3 Å². The summed E-state index contributed by atoms with van der Waals surface area (Å²) in [5.41, 5.74) is 0. The Morgan fingerprint density at radius 1 is 1.47 bits per heavy atom. The second kappa shape index (κ2) is 6.89. The van der Waals surface area contributed by atoms with Crippen LogP contribution in [0.5, 0.6) is 0 Å². The summed E-state index contributed by atoms with van der Waals surface area (Å²) in [5.74, 6) is -0.0394. The van der Waals surface area contributed by atoms with Gasteiger partial charge in [0.05, 0.1) is 16.9 Å². The fraction of sp³-hybridized carbons (Fsp3) is 0.357. The van der Waals surface area contributed by atoms with Gasteiger partial charge in [0.15, 0.2) is 0 Å². The maximum Gasteiger partial charge on any atom is 0.261 e. The molecule has 1 amide bonds. The Labute approximate surface area is 121 Å². The molecule has 1 N–H and O–H groups in total. The molecule has 5 heteroatoms. The number of fused-ring (bicyclic) bond motifs is 1. The number of carbonyl (C=O) groups is 1. The third-order valence-electron chi connectivity index (χ3n) is 2.74. The van der Waals surface area contributed by atoms with E-state index in [2.05, 4.69) is 5.32 Å². The third kappa shape index (κ3) is 3.93.